The van der Waals surface area contributed by atoms with Crippen LogP contribution in [0.1, 0.15) is 30.6 Å². The van der Waals surface area contributed by atoms with Crippen molar-refractivity contribution < 1.29 is 18.9 Å². The Balaban J connectivity index is 1.59. The van der Waals surface area contributed by atoms with Crippen molar-refractivity contribution >= 4 is 16.9 Å². The summed E-state index contributed by atoms with van der Waals surface area (Å²) in [4.78, 5) is 15.8. The Morgan fingerprint density at radius 2 is 2.19 bits per heavy atom. The monoisotopic (exact) mass is 368 g/mol. The van der Waals surface area contributed by atoms with Gasteiger partial charge in [0, 0.05) is 29.7 Å². The summed E-state index contributed by atoms with van der Waals surface area (Å²) in [5, 5.41) is 15.0. The van der Waals surface area contributed by atoms with Gasteiger partial charge in [0.25, 0.3) is 0 Å². The van der Waals surface area contributed by atoms with E-state index in [0.717, 1.165) is 17.6 Å². The molecule has 3 aliphatic heterocycles. The molecule has 1 saturated heterocycles. The van der Waals surface area contributed by atoms with Gasteiger partial charge in [0.2, 0.25) is 0 Å². The third kappa shape index (κ3) is 2.36. The molecule has 0 amide bonds. The molecule has 0 unspecified atom stereocenters. The summed E-state index contributed by atoms with van der Waals surface area (Å²) in [5.41, 5.74) is 3.97. The second-order valence-electron chi connectivity index (χ2n) is 8.10. The first-order valence-electron chi connectivity index (χ1n) is 9.63. The van der Waals surface area contributed by atoms with E-state index >= 15 is 0 Å². The van der Waals surface area contributed by atoms with Crippen LogP contribution in [0.5, 0.6) is 0 Å². The van der Waals surface area contributed by atoms with Crippen molar-refractivity contribution in [2.75, 3.05) is 20.2 Å². The highest BCUT2D eigenvalue weighted by atomic mass is 16.6. The lowest BCUT2D eigenvalue weighted by atomic mass is 9.72. The highest BCUT2D eigenvalue weighted by Gasteiger charge is 2.52. The summed E-state index contributed by atoms with van der Waals surface area (Å²) in [7, 11) is 1.39. The quantitative estimate of drug-likeness (QED) is 0.477. The standard InChI is InChI=1S/C21H24N2O4/c1-12-16-10-23(25)8-7-14-13-5-3-4-6-18(13)22-20(14)19(23)9-15(16)17(11-27-12)21(24)26-2/h3-6,11-12,15-16,19,22H,7-10H2,1-2H3/t12-,15-,16-,19-,23+/m0/s1. The van der Waals surface area contributed by atoms with Gasteiger partial charge >= 0.3 is 5.97 Å². The SMILES string of the molecule is COC(=O)C1=CO[C@@H](C)[C@@H]2C[N@+]3([O-])CCc4c([nH]c5ccccc45)[C@@H]3C[C@H]12. The second-order valence-corrected chi connectivity index (χ2v) is 8.10. The van der Waals surface area contributed by atoms with Crippen LogP contribution in [-0.2, 0) is 20.7 Å². The number of fused-ring (bicyclic) bond motifs is 6. The smallest absolute Gasteiger partial charge is 0.337 e. The van der Waals surface area contributed by atoms with Crippen LogP contribution in [-0.4, -0.2) is 41.9 Å². The predicted octanol–water partition coefficient (Wildman–Crippen LogP) is 3.19. The summed E-state index contributed by atoms with van der Waals surface area (Å²) < 4.78 is 10.4. The predicted molar refractivity (Wildman–Crippen MR) is 100 cm³/mol. The molecule has 1 fully saturated rings. The number of quaternary nitrogens is 1. The zero-order chi connectivity index (χ0) is 18.8. The zero-order valence-corrected chi connectivity index (χ0v) is 15.6. The molecule has 6 nitrogen and oxygen atoms in total. The number of hydrogen-bond acceptors (Lipinski definition) is 4. The number of piperidine rings is 1. The molecule has 0 bridgehead atoms. The lowest BCUT2D eigenvalue weighted by Gasteiger charge is -2.58. The second kappa shape index (κ2) is 5.84. The first kappa shape index (κ1) is 16.8. The number of aromatic nitrogens is 1. The molecule has 27 heavy (non-hydrogen) atoms. The van der Waals surface area contributed by atoms with E-state index in [9.17, 15) is 10.0 Å². The first-order valence-corrected chi connectivity index (χ1v) is 9.63. The molecule has 0 spiro atoms. The van der Waals surface area contributed by atoms with E-state index in [4.69, 9.17) is 9.47 Å². The molecule has 2 aromatic rings. The molecule has 3 aliphatic rings. The Morgan fingerprint density at radius 1 is 1.37 bits per heavy atom. The van der Waals surface area contributed by atoms with E-state index in [2.05, 4.69) is 17.1 Å². The Labute approximate surface area is 157 Å². The van der Waals surface area contributed by atoms with Crippen LogP contribution in [0, 0.1) is 17.0 Å². The van der Waals surface area contributed by atoms with E-state index in [1.54, 1.807) is 6.26 Å². The Hall–Kier alpha value is -2.31. The molecule has 1 aromatic carbocycles. The summed E-state index contributed by atoms with van der Waals surface area (Å²) in [6.07, 6.45) is 2.91. The van der Waals surface area contributed by atoms with Crippen LogP contribution in [0.3, 0.4) is 0 Å². The number of ether oxygens (including phenoxy) is 2. The van der Waals surface area contributed by atoms with Crippen molar-refractivity contribution in [1.82, 2.24) is 4.98 Å². The van der Waals surface area contributed by atoms with E-state index in [-0.39, 0.29) is 34.6 Å². The number of hydrogen-bond donors (Lipinski definition) is 1. The van der Waals surface area contributed by atoms with Gasteiger partial charge in [-0.3, -0.25) is 0 Å². The largest absolute Gasteiger partial charge is 0.632 e. The molecule has 1 N–H and O–H groups in total. The fourth-order valence-electron chi connectivity index (χ4n) is 5.41. The van der Waals surface area contributed by atoms with Crippen LogP contribution < -0.4 is 0 Å². The fourth-order valence-corrected chi connectivity index (χ4v) is 5.41. The Kier molecular flexibility index (Phi) is 3.64. The van der Waals surface area contributed by atoms with Gasteiger partial charge in [0.1, 0.15) is 12.1 Å². The third-order valence-corrected chi connectivity index (χ3v) is 6.84. The van der Waals surface area contributed by atoms with Crippen LogP contribution in [0.2, 0.25) is 0 Å². The molecular formula is C21H24N2O4. The van der Waals surface area contributed by atoms with Crippen molar-refractivity contribution in [3.05, 3.63) is 52.6 Å². The maximum Gasteiger partial charge on any atom is 0.337 e. The van der Waals surface area contributed by atoms with Crippen LogP contribution in [0.4, 0.5) is 0 Å². The minimum Gasteiger partial charge on any atom is -0.632 e. The fraction of sp³-hybridized carbons (Fsp3) is 0.476. The summed E-state index contributed by atoms with van der Waals surface area (Å²) in [6, 6.07) is 8.06. The number of methoxy groups -OCH3 is 1. The molecule has 142 valence electrons. The number of para-hydroxylation sites is 1. The minimum absolute atomic E-state index is 0.0104. The number of hydroxylamine groups is 3. The topological polar surface area (TPSA) is 74.4 Å². The van der Waals surface area contributed by atoms with Crippen molar-refractivity contribution in [2.24, 2.45) is 11.8 Å². The average molecular weight is 368 g/mol. The lowest BCUT2D eigenvalue weighted by molar-refractivity contribution is -0.924. The van der Waals surface area contributed by atoms with E-state index in [1.165, 1.54) is 18.1 Å². The van der Waals surface area contributed by atoms with E-state index < -0.39 is 0 Å². The Morgan fingerprint density at radius 3 is 3.00 bits per heavy atom. The lowest BCUT2D eigenvalue weighted by Crippen LogP contribution is -2.60. The van der Waals surface area contributed by atoms with Gasteiger partial charge in [-0.05, 0) is 18.6 Å². The number of H-pyrrole nitrogens is 1. The van der Waals surface area contributed by atoms with Gasteiger partial charge < -0.3 is 24.3 Å². The molecule has 0 radical (unpaired) electrons. The molecule has 0 saturated carbocycles. The number of benzene rings is 1. The van der Waals surface area contributed by atoms with Gasteiger partial charge in [0.05, 0.1) is 43.6 Å². The zero-order valence-electron chi connectivity index (χ0n) is 15.6. The van der Waals surface area contributed by atoms with E-state index in [1.807, 2.05) is 19.1 Å². The molecule has 5 atom stereocenters. The number of rotatable bonds is 1. The van der Waals surface area contributed by atoms with Gasteiger partial charge in [0.15, 0.2) is 0 Å². The van der Waals surface area contributed by atoms with Crippen LogP contribution in [0.25, 0.3) is 10.9 Å². The molecule has 1 aromatic heterocycles. The number of esters is 1. The summed E-state index contributed by atoms with van der Waals surface area (Å²) >= 11 is 0. The van der Waals surface area contributed by atoms with Gasteiger partial charge in [-0.25, -0.2) is 4.79 Å². The number of aromatic amines is 1. The van der Waals surface area contributed by atoms with Gasteiger partial charge in [-0.2, -0.15) is 0 Å². The highest BCUT2D eigenvalue weighted by Crippen LogP contribution is 2.51. The highest BCUT2D eigenvalue weighted by molar-refractivity contribution is 5.89. The summed E-state index contributed by atoms with van der Waals surface area (Å²) in [6.45, 7) is 3.04. The van der Waals surface area contributed by atoms with Crippen LogP contribution in [0.15, 0.2) is 36.1 Å². The number of carbonyl (C=O) groups is 1. The summed E-state index contributed by atoms with van der Waals surface area (Å²) in [5.74, 6) is -0.331. The maximum absolute atomic E-state index is 13.8. The molecule has 5 rings (SSSR count). The molecular weight excluding hydrogens is 344 g/mol. The third-order valence-electron chi connectivity index (χ3n) is 6.84. The maximum atomic E-state index is 13.8. The Bertz CT molecular complexity index is 949. The van der Waals surface area contributed by atoms with Gasteiger partial charge in [-0.1, -0.05) is 18.2 Å². The number of nitrogens with zero attached hydrogens (tertiary/aromatic N) is 1. The normalized spacial score (nSPS) is 34.7. The van der Waals surface area contributed by atoms with Crippen molar-refractivity contribution in [2.45, 2.75) is 31.9 Å². The molecule has 6 heteroatoms. The van der Waals surface area contributed by atoms with E-state index in [0.29, 0.717) is 25.1 Å². The molecule has 0 aliphatic carbocycles. The first-order chi connectivity index (χ1) is 13.0. The number of carbonyl (C=O) groups excluding carboxylic acids is 1. The average Bonchev–Trinajstić information content (AvgIpc) is 3.05. The van der Waals surface area contributed by atoms with Crippen molar-refractivity contribution in [3.8, 4) is 0 Å². The molecule has 4 heterocycles. The van der Waals surface area contributed by atoms with Crippen LogP contribution >= 0.6 is 0 Å². The van der Waals surface area contributed by atoms with Crippen molar-refractivity contribution in [1.29, 1.82) is 0 Å². The minimum atomic E-state index is -0.351. The van der Waals surface area contributed by atoms with Crippen molar-refractivity contribution in [3.63, 3.8) is 0 Å². The van der Waals surface area contributed by atoms with Gasteiger partial charge in [-0.15, -0.1) is 0 Å². The number of nitrogens with one attached hydrogen (secondary N) is 1.